The van der Waals surface area contributed by atoms with Gasteiger partial charge in [-0.05, 0) is 75.2 Å². The predicted molar refractivity (Wildman–Crippen MR) is 117 cm³/mol. The van der Waals surface area contributed by atoms with Gasteiger partial charge in [0.2, 0.25) is 0 Å². The Bertz CT molecular complexity index is 731. The van der Waals surface area contributed by atoms with Crippen LogP contribution in [0.4, 0.5) is 0 Å². The van der Waals surface area contributed by atoms with Crippen molar-refractivity contribution in [1.29, 1.82) is 0 Å². The molecule has 0 spiro atoms. The number of carbonyl (C=O) groups excluding carboxylic acids is 1. The zero-order valence-corrected chi connectivity index (χ0v) is 19.2. The molecule has 5 nitrogen and oxygen atoms in total. The topological polar surface area (TPSA) is 65.0 Å². The minimum absolute atomic E-state index is 0.0582. The lowest BCUT2D eigenvalue weighted by Gasteiger charge is -2.36. The van der Waals surface area contributed by atoms with E-state index in [-0.39, 0.29) is 30.0 Å². The summed E-state index contributed by atoms with van der Waals surface area (Å²) in [6, 6.07) is 0. The highest BCUT2D eigenvalue weighted by molar-refractivity contribution is 5.96. The van der Waals surface area contributed by atoms with Gasteiger partial charge in [0.25, 0.3) is 0 Å². The standard InChI is InChI=1S/C16H22O4.C9H16O/c1-10(2)4-5-19-16-7-12(9-17)13-8-14(18)11(3)6-15(13)20-16;1-8(2)6-9(3)5-4-7(8)10-9/h6-7,13,15-17H,1,4-5,8-9H2,2-3H3;7H,4-6H2,1-3H3. The van der Waals surface area contributed by atoms with Crippen LogP contribution in [-0.2, 0) is 19.0 Å². The van der Waals surface area contributed by atoms with Crippen LogP contribution in [0.15, 0.2) is 35.5 Å². The highest BCUT2D eigenvalue weighted by Crippen LogP contribution is 2.53. The van der Waals surface area contributed by atoms with Crippen molar-refractivity contribution in [3.05, 3.63) is 35.5 Å². The first-order valence-corrected chi connectivity index (χ1v) is 11.2. The summed E-state index contributed by atoms with van der Waals surface area (Å²) in [5.74, 6) is 0.0630. The molecule has 168 valence electrons. The fourth-order valence-corrected chi connectivity index (χ4v) is 5.16. The lowest BCUT2D eigenvalue weighted by Crippen LogP contribution is -2.39. The molecule has 0 amide bonds. The fraction of sp³-hybridized carbons (Fsp3) is 0.720. The lowest BCUT2D eigenvalue weighted by atomic mass is 9.73. The van der Waals surface area contributed by atoms with E-state index in [0.29, 0.717) is 24.5 Å². The molecule has 0 aromatic carbocycles. The van der Waals surface area contributed by atoms with E-state index in [2.05, 4.69) is 27.4 Å². The third-order valence-electron chi connectivity index (χ3n) is 6.83. The molecule has 4 aliphatic rings. The first kappa shape index (κ1) is 23.4. The van der Waals surface area contributed by atoms with Crippen LogP contribution in [0, 0.1) is 11.3 Å². The second-order valence-electron chi connectivity index (χ2n) is 10.3. The highest BCUT2D eigenvalue weighted by Gasteiger charge is 2.53. The van der Waals surface area contributed by atoms with Crippen LogP contribution in [0.1, 0.15) is 66.7 Å². The maximum Gasteiger partial charge on any atom is 0.177 e. The molecule has 0 aromatic rings. The Labute approximate surface area is 181 Å². The molecular formula is C25H38O5. The Kier molecular flexibility index (Phi) is 7.08. The summed E-state index contributed by atoms with van der Waals surface area (Å²) in [6.45, 7) is 15.0. The van der Waals surface area contributed by atoms with Gasteiger partial charge in [0.05, 0.1) is 31.0 Å². The minimum atomic E-state index is -0.463. The molecule has 1 N–H and O–H groups in total. The highest BCUT2D eigenvalue weighted by atomic mass is 16.7. The molecule has 3 heterocycles. The number of aliphatic hydroxyl groups is 1. The zero-order chi connectivity index (χ0) is 22.1. The number of hydrogen-bond acceptors (Lipinski definition) is 5. The summed E-state index contributed by atoms with van der Waals surface area (Å²) in [4.78, 5) is 11.8. The second-order valence-corrected chi connectivity index (χ2v) is 10.3. The maximum atomic E-state index is 11.8. The van der Waals surface area contributed by atoms with Crippen LogP contribution >= 0.6 is 0 Å². The van der Waals surface area contributed by atoms with Gasteiger partial charge in [0.15, 0.2) is 12.1 Å². The van der Waals surface area contributed by atoms with E-state index < -0.39 is 6.29 Å². The fourth-order valence-electron chi connectivity index (χ4n) is 5.16. The largest absolute Gasteiger partial charge is 0.392 e. The predicted octanol–water partition coefficient (Wildman–Crippen LogP) is 4.50. The molecule has 0 saturated carbocycles. The number of hydrogen-bond donors (Lipinski definition) is 1. The molecule has 30 heavy (non-hydrogen) atoms. The van der Waals surface area contributed by atoms with Gasteiger partial charge in [-0.1, -0.05) is 19.4 Å². The molecule has 5 atom stereocenters. The van der Waals surface area contributed by atoms with Gasteiger partial charge < -0.3 is 19.3 Å². The van der Waals surface area contributed by atoms with Crippen molar-refractivity contribution in [3.63, 3.8) is 0 Å². The van der Waals surface area contributed by atoms with Crippen LogP contribution in [0.3, 0.4) is 0 Å². The first-order chi connectivity index (χ1) is 14.0. The van der Waals surface area contributed by atoms with E-state index in [0.717, 1.165) is 23.1 Å². The van der Waals surface area contributed by atoms with E-state index in [1.54, 1.807) is 13.0 Å². The first-order valence-electron chi connectivity index (χ1n) is 11.2. The number of fused-ring (bicyclic) bond motifs is 3. The summed E-state index contributed by atoms with van der Waals surface area (Å²) in [5.41, 5.74) is 3.31. The van der Waals surface area contributed by atoms with E-state index in [4.69, 9.17) is 14.2 Å². The second kappa shape index (κ2) is 9.07. The van der Waals surface area contributed by atoms with Gasteiger partial charge in [0, 0.05) is 12.3 Å². The number of carbonyl (C=O) groups is 1. The van der Waals surface area contributed by atoms with Gasteiger partial charge in [-0.2, -0.15) is 0 Å². The van der Waals surface area contributed by atoms with E-state index >= 15 is 0 Å². The van der Waals surface area contributed by atoms with E-state index in [9.17, 15) is 9.90 Å². The Hall–Kier alpha value is -1.27. The average molecular weight is 419 g/mol. The van der Waals surface area contributed by atoms with Gasteiger partial charge in [0.1, 0.15) is 0 Å². The molecule has 0 radical (unpaired) electrons. The zero-order valence-electron chi connectivity index (χ0n) is 19.2. The lowest BCUT2D eigenvalue weighted by molar-refractivity contribution is -0.153. The molecule has 5 unspecified atom stereocenters. The van der Waals surface area contributed by atoms with E-state index in [1.807, 2.05) is 13.0 Å². The summed E-state index contributed by atoms with van der Waals surface area (Å²) >= 11 is 0. The van der Waals surface area contributed by atoms with Gasteiger partial charge in [-0.15, -0.1) is 6.58 Å². The Morgan fingerprint density at radius 3 is 2.57 bits per heavy atom. The number of aliphatic hydroxyl groups excluding tert-OH is 1. The maximum absolute atomic E-state index is 11.8. The van der Waals surface area contributed by atoms with Crippen molar-refractivity contribution in [2.75, 3.05) is 13.2 Å². The summed E-state index contributed by atoms with van der Waals surface area (Å²) < 4.78 is 17.4. The SMILES string of the molecule is C=C(C)CCOC1C=C(CO)C2CC(=O)C(C)=CC2O1.CC12CCC(O1)C(C)(C)C2. The summed E-state index contributed by atoms with van der Waals surface area (Å²) in [6.07, 6.45) is 8.54. The number of ketones is 1. The Morgan fingerprint density at radius 1 is 1.33 bits per heavy atom. The monoisotopic (exact) mass is 418 g/mol. The number of Topliss-reactive ketones (excluding diaryl/α,β-unsaturated/α-hetero) is 1. The van der Waals surface area contributed by atoms with Crippen molar-refractivity contribution in [1.82, 2.24) is 0 Å². The smallest absolute Gasteiger partial charge is 0.177 e. The number of rotatable bonds is 5. The number of allylic oxidation sites excluding steroid dienone is 1. The number of ether oxygens (including phenoxy) is 3. The third kappa shape index (κ3) is 5.31. The summed E-state index contributed by atoms with van der Waals surface area (Å²) in [7, 11) is 0. The normalized spacial score (nSPS) is 36.4. The van der Waals surface area contributed by atoms with Gasteiger partial charge in [-0.3, -0.25) is 4.79 Å². The molecular weight excluding hydrogens is 380 g/mol. The minimum Gasteiger partial charge on any atom is -0.392 e. The van der Waals surface area contributed by atoms with Crippen molar-refractivity contribution in [3.8, 4) is 0 Å². The quantitative estimate of drug-likeness (QED) is 0.666. The van der Waals surface area contributed by atoms with Gasteiger partial charge >= 0.3 is 0 Å². The molecule has 3 aliphatic heterocycles. The van der Waals surface area contributed by atoms with Crippen LogP contribution in [0.25, 0.3) is 0 Å². The van der Waals surface area contributed by atoms with Crippen LogP contribution < -0.4 is 0 Å². The summed E-state index contributed by atoms with van der Waals surface area (Å²) in [5, 5.41) is 9.49. The van der Waals surface area contributed by atoms with Gasteiger partial charge in [-0.25, -0.2) is 0 Å². The molecule has 2 bridgehead atoms. The van der Waals surface area contributed by atoms with Crippen LogP contribution in [0.5, 0.6) is 0 Å². The van der Waals surface area contributed by atoms with Crippen molar-refractivity contribution >= 4 is 5.78 Å². The van der Waals surface area contributed by atoms with Crippen molar-refractivity contribution < 1.29 is 24.1 Å². The van der Waals surface area contributed by atoms with E-state index in [1.165, 1.54) is 19.3 Å². The average Bonchev–Trinajstić information content (AvgIpc) is 3.14. The molecule has 0 aromatic heterocycles. The Balaban J connectivity index is 0.000000212. The molecule has 4 rings (SSSR count). The molecule has 2 saturated heterocycles. The van der Waals surface area contributed by atoms with Crippen molar-refractivity contribution in [2.24, 2.45) is 11.3 Å². The van der Waals surface area contributed by atoms with Crippen LogP contribution in [0.2, 0.25) is 0 Å². The molecule has 2 fully saturated rings. The third-order valence-corrected chi connectivity index (χ3v) is 6.83. The molecule has 5 heteroatoms. The van der Waals surface area contributed by atoms with Crippen LogP contribution in [-0.4, -0.2) is 48.2 Å². The molecule has 1 aliphatic carbocycles. The Morgan fingerprint density at radius 2 is 2.07 bits per heavy atom. The van der Waals surface area contributed by atoms with Crippen molar-refractivity contribution in [2.45, 2.75) is 90.8 Å².